The first-order valence-electron chi connectivity index (χ1n) is 11.1. The van der Waals surface area contributed by atoms with Crippen LogP contribution in [0.25, 0.3) is 60.6 Å². The van der Waals surface area contributed by atoms with Crippen LogP contribution in [0, 0.1) is 0 Å². The normalized spacial score (nSPS) is 11.8. The number of furan rings is 1. The number of nitrogens with two attached hydrogens (primary N) is 1. The zero-order valence-electron chi connectivity index (χ0n) is 17.8. The van der Waals surface area contributed by atoms with E-state index in [0.717, 1.165) is 33.2 Å². The van der Waals surface area contributed by atoms with Crippen LogP contribution in [0.1, 0.15) is 0 Å². The van der Waals surface area contributed by atoms with Gasteiger partial charge in [-0.15, -0.1) is 0 Å². The van der Waals surface area contributed by atoms with Gasteiger partial charge in [-0.25, -0.2) is 0 Å². The molecule has 7 aromatic rings. The van der Waals surface area contributed by atoms with Gasteiger partial charge >= 0.3 is 0 Å². The third-order valence-electron chi connectivity index (χ3n) is 6.56. The Morgan fingerprint density at radius 1 is 0.576 bits per heavy atom. The Hall–Kier alpha value is -4.50. The second kappa shape index (κ2) is 6.75. The number of rotatable bonds is 2. The van der Waals surface area contributed by atoms with E-state index in [9.17, 15) is 0 Å². The SMILES string of the molecule is Nc1cccc2c1oc1ccc(-c3ccccc3-n3c4ccccc4c4ccccc43)cc12. The molecule has 0 aliphatic rings. The van der Waals surface area contributed by atoms with Gasteiger partial charge < -0.3 is 14.7 Å². The minimum absolute atomic E-state index is 0.663. The van der Waals surface area contributed by atoms with Crippen molar-refractivity contribution in [3.8, 4) is 16.8 Å². The molecule has 0 atom stereocenters. The lowest BCUT2D eigenvalue weighted by Gasteiger charge is -2.14. The Bertz CT molecular complexity index is 1780. The third kappa shape index (κ3) is 2.56. The molecule has 0 saturated heterocycles. The lowest BCUT2D eigenvalue weighted by molar-refractivity contribution is 0.670. The van der Waals surface area contributed by atoms with E-state index in [1.807, 2.05) is 18.2 Å². The van der Waals surface area contributed by atoms with E-state index in [0.29, 0.717) is 5.69 Å². The average molecular weight is 425 g/mol. The van der Waals surface area contributed by atoms with Gasteiger partial charge in [0.1, 0.15) is 5.58 Å². The molecular formula is C30H20N2O. The molecule has 0 aliphatic carbocycles. The van der Waals surface area contributed by atoms with E-state index < -0.39 is 0 Å². The summed E-state index contributed by atoms with van der Waals surface area (Å²) >= 11 is 0. The van der Waals surface area contributed by atoms with E-state index in [2.05, 4.69) is 95.6 Å². The van der Waals surface area contributed by atoms with Crippen LogP contribution in [0.15, 0.2) is 114 Å². The van der Waals surface area contributed by atoms with Crippen LogP contribution in [0.4, 0.5) is 5.69 Å². The number of nitrogen functional groups attached to an aromatic ring is 1. The molecular weight excluding hydrogens is 404 g/mol. The lowest BCUT2D eigenvalue weighted by Crippen LogP contribution is -1.96. The quantitative estimate of drug-likeness (QED) is 0.286. The number of fused-ring (bicyclic) bond motifs is 6. The summed E-state index contributed by atoms with van der Waals surface area (Å²) in [5, 5.41) is 4.64. The standard InChI is InChI=1S/C30H20N2O/c31-25-12-7-11-23-24-18-19(16-17-29(24)33-30(23)25)20-8-1-4-13-26(20)32-27-14-5-2-9-21(27)22-10-3-6-15-28(22)32/h1-18H,31H2. The molecule has 5 aromatic carbocycles. The van der Waals surface area contributed by atoms with Gasteiger partial charge in [0.15, 0.2) is 5.58 Å². The van der Waals surface area contributed by atoms with Gasteiger partial charge in [0.2, 0.25) is 0 Å². The van der Waals surface area contributed by atoms with E-state index in [-0.39, 0.29) is 0 Å². The predicted molar refractivity (Wildman–Crippen MR) is 138 cm³/mol. The van der Waals surface area contributed by atoms with Crippen LogP contribution in [0.2, 0.25) is 0 Å². The van der Waals surface area contributed by atoms with Crippen molar-refractivity contribution in [2.24, 2.45) is 0 Å². The summed E-state index contributed by atoms with van der Waals surface area (Å²) in [5.74, 6) is 0. The van der Waals surface area contributed by atoms with E-state index in [4.69, 9.17) is 10.2 Å². The fourth-order valence-electron chi connectivity index (χ4n) is 5.08. The summed E-state index contributed by atoms with van der Waals surface area (Å²) < 4.78 is 8.43. The Morgan fingerprint density at radius 2 is 1.24 bits per heavy atom. The van der Waals surface area contributed by atoms with Crippen LogP contribution in [-0.2, 0) is 0 Å². The highest BCUT2D eigenvalue weighted by Crippen LogP contribution is 2.38. The number of benzene rings is 5. The number of anilines is 1. The highest BCUT2D eigenvalue weighted by molar-refractivity contribution is 6.11. The highest BCUT2D eigenvalue weighted by Gasteiger charge is 2.16. The van der Waals surface area contributed by atoms with Crippen molar-refractivity contribution in [3.63, 3.8) is 0 Å². The van der Waals surface area contributed by atoms with Crippen molar-refractivity contribution in [2.75, 3.05) is 5.73 Å². The van der Waals surface area contributed by atoms with E-state index >= 15 is 0 Å². The first kappa shape index (κ1) is 18.1. The number of hydrogen-bond acceptors (Lipinski definition) is 2. The van der Waals surface area contributed by atoms with Crippen molar-refractivity contribution < 1.29 is 4.42 Å². The maximum atomic E-state index is 6.17. The van der Waals surface area contributed by atoms with Crippen molar-refractivity contribution >= 4 is 49.4 Å². The molecule has 3 heteroatoms. The maximum absolute atomic E-state index is 6.17. The van der Waals surface area contributed by atoms with Crippen molar-refractivity contribution in [2.45, 2.75) is 0 Å². The van der Waals surface area contributed by atoms with Crippen molar-refractivity contribution in [3.05, 3.63) is 109 Å². The molecule has 0 amide bonds. The van der Waals surface area contributed by atoms with Gasteiger partial charge in [-0.1, -0.05) is 72.8 Å². The van der Waals surface area contributed by atoms with Gasteiger partial charge in [0.25, 0.3) is 0 Å². The van der Waals surface area contributed by atoms with E-state index in [1.54, 1.807) is 0 Å². The molecule has 0 aliphatic heterocycles. The molecule has 2 N–H and O–H groups in total. The average Bonchev–Trinajstić information content (AvgIpc) is 3.40. The molecule has 33 heavy (non-hydrogen) atoms. The molecule has 0 fully saturated rings. The Kier molecular flexibility index (Phi) is 3.70. The van der Waals surface area contributed by atoms with Crippen LogP contribution in [0.5, 0.6) is 0 Å². The molecule has 0 bridgehead atoms. The van der Waals surface area contributed by atoms with E-state index in [1.165, 1.54) is 27.4 Å². The molecule has 156 valence electrons. The summed E-state index contributed by atoms with van der Waals surface area (Å²) in [6.07, 6.45) is 0. The number of hydrogen-bond donors (Lipinski definition) is 1. The summed E-state index contributed by atoms with van der Waals surface area (Å²) in [7, 11) is 0. The highest BCUT2D eigenvalue weighted by atomic mass is 16.3. The van der Waals surface area contributed by atoms with Crippen molar-refractivity contribution in [1.82, 2.24) is 4.57 Å². The van der Waals surface area contributed by atoms with Crippen molar-refractivity contribution in [1.29, 1.82) is 0 Å². The largest absolute Gasteiger partial charge is 0.454 e. The van der Waals surface area contributed by atoms with Crippen LogP contribution in [-0.4, -0.2) is 4.57 Å². The second-order valence-electron chi connectivity index (χ2n) is 8.42. The molecule has 3 nitrogen and oxygen atoms in total. The fraction of sp³-hybridized carbons (Fsp3) is 0. The second-order valence-corrected chi connectivity index (χ2v) is 8.42. The zero-order chi connectivity index (χ0) is 21.9. The molecule has 0 saturated carbocycles. The lowest BCUT2D eigenvalue weighted by atomic mass is 10.0. The third-order valence-corrected chi connectivity index (χ3v) is 6.56. The monoisotopic (exact) mass is 424 g/mol. The van der Waals surface area contributed by atoms with Crippen LogP contribution < -0.4 is 5.73 Å². The molecule has 0 unspecified atom stereocenters. The Morgan fingerprint density at radius 3 is 2.03 bits per heavy atom. The summed E-state index contributed by atoms with van der Waals surface area (Å²) in [6.45, 7) is 0. The molecule has 7 rings (SSSR count). The minimum atomic E-state index is 0.663. The first-order chi connectivity index (χ1) is 16.3. The topological polar surface area (TPSA) is 44.1 Å². The number of aromatic nitrogens is 1. The molecule has 2 aromatic heterocycles. The Labute approximate surface area is 190 Å². The van der Waals surface area contributed by atoms with Gasteiger partial charge in [0.05, 0.1) is 22.4 Å². The Balaban J connectivity index is 1.54. The van der Waals surface area contributed by atoms with Gasteiger partial charge in [-0.2, -0.15) is 0 Å². The molecule has 0 spiro atoms. The van der Waals surface area contributed by atoms with Gasteiger partial charge in [-0.05, 0) is 42.0 Å². The predicted octanol–water partition coefficient (Wildman–Crippen LogP) is 7.93. The summed E-state index contributed by atoms with van der Waals surface area (Å²) in [6, 6.07) is 38.1. The molecule has 2 heterocycles. The van der Waals surface area contributed by atoms with Gasteiger partial charge in [-0.3, -0.25) is 0 Å². The first-order valence-corrected chi connectivity index (χ1v) is 11.1. The van der Waals surface area contributed by atoms with Gasteiger partial charge in [0, 0.05) is 27.1 Å². The van der Waals surface area contributed by atoms with Crippen LogP contribution >= 0.6 is 0 Å². The summed E-state index contributed by atoms with van der Waals surface area (Å²) in [5.41, 5.74) is 14.3. The zero-order valence-corrected chi connectivity index (χ0v) is 17.8. The number of nitrogens with zero attached hydrogens (tertiary/aromatic N) is 1. The van der Waals surface area contributed by atoms with Crippen LogP contribution in [0.3, 0.4) is 0 Å². The summed E-state index contributed by atoms with van der Waals surface area (Å²) in [4.78, 5) is 0. The minimum Gasteiger partial charge on any atom is -0.454 e. The fourth-order valence-corrected chi connectivity index (χ4v) is 5.08. The molecule has 0 radical (unpaired) electrons. The smallest absolute Gasteiger partial charge is 0.158 e. The number of para-hydroxylation sites is 4. The maximum Gasteiger partial charge on any atom is 0.158 e.